The minimum atomic E-state index is -0.537. The van der Waals surface area contributed by atoms with Gasteiger partial charge in [-0.15, -0.1) is 0 Å². The number of carbonyl (C=O) groups is 1. The molecule has 3 rings (SSSR count). The molecule has 6 nitrogen and oxygen atoms in total. The molecule has 0 amide bonds. The van der Waals surface area contributed by atoms with E-state index in [4.69, 9.17) is 4.74 Å². The molecule has 0 fully saturated rings. The molecule has 102 valence electrons. The van der Waals surface area contributed by atoms with Gasteiger partial charge >= 0.3 is 5.97 Å². The molecule has 1 N–H and O–H groups in total. The zero-order valence-corrected chi connectivity index (χ0v) is 11.1. The van der Waals surface area contributed by atoms with E-state index in [1.807, 2.05) is 24.3 Å². The first kappa shape index (κ1) is 12.4. The van der Waals surface area contributed by atoms with E-state index in [1.54, 1.807) is 18.5 Å². The Labute approximate surface area is 114 Å². The highest BCUT2D eigenvalue weighted by atomic mass is 16.5. The van der Waals surface area contributed by atoms with Gasteiger partial charge in [0.2, 0.25) is 0 Å². The van der Waals surface area contributed by atoms with Crippen molar-refractivity contribution in [3.05, 3.63) is 40.3 Å². The largest absolute Gasteiger partial charge is 0.461 e. The molecule has 0 unspecified atom stereocenters. The molecule has 0 atom stereocenters. The fraction of sp³-hybridized carbons (Fsp3) is 0.214. The van der Waals surface area contributed by atoms with Crippen LogP contribution in [0.4, 0.5) is 0 Å². The summed E-state index contributed by atoms with van der Waals surface area (Å²) in [5.74, 6) is -0.537. The van der Waals surface area contributed by atoms with Crippen LogP contribution in [0.15, 0.2) is 29.1 Å². The zero-order chi connectivity index (χ0) is 14.3. The molecule has 0 radical (unpaired) electrons. The van der Waals surface area contributed by atoms with Crippen molar-refractivity contribution < 1.29 is 9.53 Å². The maximum atomic E-state index is 12.0. The molecule has 0 saturated heterocycles. The smallest absolute Gasteiger partial charge is 0.359 e. The van der Waals surface area contributed by atoms with E-state index in [9.17, 15) is 9.59 Å². The fourth-order valence-corrected chi connectivity index (χ4v) is 2.46. The maximum absolute atomic E-state index is 12.0. The minimum Gasteiger partial charge on any atom is -0.461 e. The van der Waals surface area contributed by atoms with Gasteiger partial charge in [-0.05, 0) is 13.0 Å². The summed E-state index contributed by atoms with van der Waals surface area (Å²) >= 11 is 0. The molecule has 20 heavy (non-hydrogen) atoms. The molecular weight excluding hydrogens is 258 g/mol. The fourth-order valence-electron chi connectivity index (χ4n) is 2.46. The topological polar surface area (TPSA) is 77.0 Å². The second-order valence-corrected chi connectivity index (χ2v) is 4.42. The van der Waals surface area contributed by atoms with E-state index >= 15 is 0 Å². The molecule has 2 aromatic heterocycles. The average Bonchev–Trinajstić information content (AvgIpc) is 2.75. The number of ether oxygens (including phenoxy) is 1. The lowest BCUT2D eigenvalue weighted by Gasteiger charge is -2.02. The van der Waals surface area contributed by atoms with Crippen LogP contribution in [0.25, 0.3) is 21.8 Å². The predicted octanol–water partition coefficient (Wildman–Crippen LogP) is 1.59. The number of hydrogen-bond acceptors (Lipinski definition) is 4. The number of carbonyl (C=O) groups excluding carboxylic acids is 1. The lowest BCUT2D eigenvalue weighted by molar-refractivity contribution is 0.0521. The number of esters is 1. The number of hydrogen-bond donors (Lipinski definition) is 1. The van der Waals surface area contributed by atoms with Crippen LogP contribution in [0.5, 0.6) is 0 Å². The van der Waals surface area contributed by atoms with E-state index in [2.05, 4.69) is 10.2 Å². The molecule has 6 heteroatoms. The molecule has 0 aliphatic heterocycles. The van der Waals surface area contributed by atoms with Crippen LogP contribution in [0.3, 0.4) is 0 Å². The standard InChI is InChI=1S/C14H13N3O3/c1-3-20-14(19)11-10-8-6-4-5-7-9(8)17(2)12(10)13(18)16-15-11/h4-7H,3H2,1-2H3,(H,16,18). The third-order valence-corrected chi connectivity index (χ3v) is 3.30. The van der Waals surface area contributed by atoms with Crippen LogP contribution in [-0.2, 0) is 11.8 Å². The summed E-state index contributed by atoms with van der Waals surface area (Å²) in [5.41, 5.74) is 1.10. The molecule has 2 heterocycles. The Morgan fingerprint density at radius 3 is 2.90 bits per heavy atom. The van der Waals surface area contributed by atoms with Gasteiger partial charge in [-0.2, -0.15) is 5.10 Å². The summed E-state index contributed by atoms with van der Waals surface area (Å²) in [6.07, 6.45) is 0. The Hall–Kier alpha value is -2.63. The van der Waals surface area contributed by atoms with Crippen molar-refractivity contribution in [3.8, 4) is 0 Å². The van der Waals surface area contributed by atoms with Gasteiger partial charge in [0.15, 0.2) is 5.69 Å². The molecule has 0 spiro atoms. The van der Waals surface area contributed by atoms with Crippen LogP contribution in [0, 0.1) is 0 Å². The number of aryl methyl sites for hydroxylation is 1. The Morgan fingerprint density at radius 1 is 1.40 bits per heavy atom. The number of nitrogens with zero attached hydrogens (tertiary/aromatic N) is 2. The van der Waals surface area contributed by atoms with Gasteiger partial charge in [0.05, 0.1) is 6.61 Å². The predicted molar refractivity (Wildman–Crippen MR) is 74.8 cm³/mol. The molecular formula is C14H13N3O3. The van der Waals surface area contributed by atoms with E-state index in [-0.39, 0.29) is 17.9 Å². The number of H-pyrrole nitrogens is 1. The molecule has 0 aliphatic rings. The lowest BCUT2D eigenvalue weighted by atomic mass is 10.1. The highest BCUT2D eigenvalue weighted by Crippen LogP contribution is 2.27. The summed E-state index contributed by atoms with van der Waals surface area (Å²) in [5, 5.41) is 7.56. The van der Waals surface area contributed by atoms with Crippen LogP contribution < -0.4 is 5.56 Å². The summed E-state index contributed by atoms with van der Waals surface area (Å²) in [7, 11) is 1.79. The average molecular weight is 271 g/mol. The van der Waals surface area contributed by atoms with E-state index in [1.165, 1.54) is 0 Å². The first-order chi connectivity index (χ1) is 9.65. The Balaban J connectivity index is 2.50. The number of para-hydroxylation sites is 1. The molecule has 1 aromatic carbocycles. The highest BCUT2D eigenvalue weighted by molar-refractivity contribution is 6.15. The van der Waals surface area contributed by atoms with Gasteiger partial charge in [0.1, 0.15) is 5.52 Å². The van der Waals surface area contributed by atoms with E-state index in [0.29, 0.717) is 10.9 Å². The minimum absolute atomic E-state index is 0.137. The molecule has 0 saturated carbocycles. The summed E-state index contributed by atoms with van der Waals surface area (Å²) in [4.78, 5) is 24.0. The summed E-state index contributed by atoms with van der Waals surface area (Å²) in [6, 6.07) is 7.50. The van der Waals surface area contributed by atoms with Crippen molar-refractivity contribution in [3.63, 3.8) is 0 Å². The van der Waals surface area contributed by atoms with Crippen molar-refractivity contribution in [2.75, 3.05) is 6.61 Å². The van der Waals surface area contributed by atoms with Crippen LogP contribution in [-0.4, -0.2) is 27.3 Å². The van der Waals surface area contributed by atoms with Gasteiger partial charge in [-0.1, -0.05) is 18.2 Å². The monoisotopic (exact) mass is 271 g/mol. The number of aromatic amines is 1. The Kier molecular flexibility index (Phi) is 2.78. The molecule has 0 aliphatic carbocycles. The maximum Gasteiger partial charge on any atom is 0.359 e. The normalized spacial score (nSPS) is 11.1. The number of rotatable bonds is 2. The van der Waals surface area contributed by atoms with Crippen LogP contribution in [0.1, 0.15) is 17.4 Å². The Morgan fingerprint density at radius 2 is 2.15 bits per heavy atom. The second kappa shape index (κ2) is 4.48. The van der Waals surface area contributed by atoms with Crippen molar-refractivity contribution >= 4 is 27.8 Å². The number of aromatic nitrogens is 3. The van der Waals surface area contributed by atoms with Crippen molar-refractivity contribution in [2.24, 2.45) is 7.05 Å². The van der Waals surface area contributed by atoms with E-state index in [0.717, 1.165) is 10.9 Å². The van der Waals surface area contributed by atoms with Gasteiger partial charge in [0.25, 0.3) is 5.56 Å². The van der Waals surface area contributed by atoms with Crippen molar-refractivity contribution in [1.82, 2.24) is 14.8 Å². The van der Waals surface area contributed by atoms with E-state index < -0.39 is 5.97 Å². The quantitative estimate of drug-likeness (QED) is 0.718. The van der Waals surface area contributed by atoms with Gasteiger partial charge < -0.3 is 9.30 Å². The molecule has 3 aromatic rings. The van der Waals surface area contributed by atoms with Crippen LogP contribution in [0.2, 0.25) is 0 Å². The number of fused-ring (bicyclic) bond motifs is 3. The lowest BCUT2D eigenvalue weighted by Crippen LogP contribution is -2.17. The summed E-state index contributed by atoms with van der Waals surface area (Å²) < 4.78 is 6.76. The number of nitrogens with one attached hydrogen (secondary N) is 1. The van der Waals surface area contributed by atoms with Gasteiger partial charge in [0, 0.05) is 23.3 Å². The van der Waals surface area contributed by atoms with Crippen molar-refractivity contribution in [1.29, 1.82) is 0 Å². The first-order valence-corrected chi connectivity index (χ1v) is 6.28. The summed E-state index contributed by atoms with van der Waals surface area (Å²) in [6.45, 7) is 1.98. The first-order valence-electron chi connectivity index (χ1n) is 6.28. The SMILES string of the molecule is CCOC(=O)c1n[nH]c(=O)c2c1c1ccccc1n2C. The Bertz CT molecular complexity index is 876. The zero-order valence-electron chi connectivity index (χ0n) is 11.1. The second-order valence-electron chi connectivity index (χ2n) is 4.42. The van der Waals surface area contributed by atoms with Gasteiger partial charge in [-0.3, -0.25) is 4.79 Å². The van der Waals surface area contributed by atoms with Gasteiger partial charge in [-0.25, -0.2) is 9.89 Å². The van der Waals surface area contributed by atoms with Crippen LogP contribution >= 0.6 is 0 Å². The van der Waals surface area contributed by atoms with Crippen molar-refractivity contribution in [2.45, 2.75) is 6.92 Å². The third kappa shape index (κ3) is 1.61. The third-order valence-electron chi connectivity index (χ3n) is 3.30. The number of benzene rings is 1. The highest BCUT2D eigenvalue weighted by Gasteiger charge is 2.21. The molecule has 0 bridgehead atoms.